The second-order valence-corrected chi connectivity index (χ2v) is 4.94. The van der Waals surface area contributed by atoms with Crippen LogP contribution in [-0.2, 0) is 4.79 Å². The SMILES string of the molecule is Cc1cc(NC(=O)[C@H](C)Oc2ccc(Br)cc2)no1. The van der Waals surface area contributed by atoms with Crippen LogP contribution in [0.3, 0.4) is 0 Å². The summed E-state index contributed by atoms with van der Waals surface area (Å²) < 4.78 is 11.3. The molecular formula is C13H13BrN2O3. The van der Waals surface area contributed by atoms with Crippen LogP contribution in [0.2, 0.25) is 0 Å². The van der Waals surface area contributed by atoms with Gasteiger partial charge in [-0.3, -0.25) is 4.79 Å². The molecule has 1 aromatic heterocycles. The molecule has 0 saturated heterocycles. The first-order valence-electron chi connectivity index (χ1n) is 5.71. The van der Waals surface area contributed by atoms with Crippen molar-refractivity contribution in [3.8, 4) is 5.75 Å². The van der Waals surface area contributed by atoms with E-state index in [9.17, 15) is 4.79 Å². The first-order valence-corrected chi connectivity index (χ1v) is 6.50. The summed E-state index contributed by atoms with van der Waals surface area (Å²) in [5.41, 5.74) is 0. The lowest BCUT2D eigenvalue weighted by molar-refractivity contribution is -0.122. The maximum atomic E-state index is 11.9. The van der Waals surface area contributed by atoms with Crippen LogP contribution < -0.4 is 10.1 Å². The van der Waals surface area contributed by atoms with Gasteiger partial charge < -0.3 is 14.6 Å². The second-order valence-electron chi connectivity index (χ2n) is 4.03. The minimum atomic E-state index is -0.627. The largest absolute Gasteiger partial charge is 0.481 e. The van der Waals surface area contributed by atoms with Gasteiger partial charge in [0.2, 0.25) is 0 Å². The van der Waals surface area contributed by atoms with Crippen LogP contribution in [0.4, 0.5) is 5.82 Å². The molecule has 0 aliphatic heterocycles. The van der Waals surface area contributed by atoms with Crippen LogP contribution in [0.1, 0.15) is 12.7 Å². The number of nitrogens with zero attached hydrogens (tertiary/aromatic N) is 1. The summed E-state index contributed by atoms with van der Waals surface area (Å²) in [5, 5.41) is 6.30. The van der Waals surface area contributed by atoms with E-state index in [0.717, 1.165) is 4.47 Å². The third kappa shape index (κ3) is 3.82. The molecule has 2 rings (SSSR count). The van der Waals surface area contributed by atoms with Gasteiger partial charge in [-0.05, 0) is 38.1 Å². The smallest absolute Gasteiger partial charge is 0.266 e. The zero-order valence-corrected chi connectivity index (χ0v) is 12.1. The molecule has 1 heterocycles. The van der Waals surface area contributed by atoms with Gasteiger partial charge in [0.15, 0.2) is 11.9 Å². The lowest BCUT2D eigenvalue weighted by atomic mass is 10.3. The number of benzene rings is 1. The average molecular weight is 325 g/mol. The van der Waals surface area contributed by atoms with Crippen molar-refractivity contribution in [3.63, 3.8) is 0 Å². The number of hydrogen-bond acceptors (Lipinski definition) is 4. The number of hydrogen-bond donors (Lipinski definition) is 1. The monoisotopic (exact) mass is 324 g/mol. The normalized spacial score (nSPS) is 11.9. The van der Waals surface area contributed by atoms with E-state index in [4.69, 9.17) is 9.26 Å². The predicted octanol–water partition coefficient (Wildman–Crippen LogP) is 3.15. The van der Waals surface area contributed by atoms with Gasteiger partial charge in [-0.25, -0.2) is 0 Å². The fourth-order valence-electron chi connectivity index (χ4n) is 1.42. The van der Waals surface area contributed by atoms with Gasteiger partial charge in [0, 0.05) is 10.5 Å². The fraction of sp³-hybridized carbons (Fsp3) is 0.231. The molecule has 1 aromatic carbocycles. The van der Waals surface area contributed by atoms with E-state index in [1.54, 1.807) is 32.0 Å². The van der Waals surface area contributed by atoms with Gasteiger partial charge in [0.25, 0.3) is 5.91 Å². The summed E-state index contributed by atoms with van der Waals surface area (Å²) >= 11 is 3.33. The zero-order chi connectivity index (χ0) is 13.8. The Hall–Kier alpha value is -1.82. The molecule has 2 aromatic rings. The average Bonchev–Trinajstić information content (AvgIpc) is 2.77. The molecule has 5 nitrogen and oxygen atoms in total. The summed E-state index contributed by atoms with van der Waals surface area (Å²) in [6.07, 6.45) is -0.627. The molecule has 0 unspecified atom stereocenters. The summed E-state index contributed by atoms with van der Waals surface area (Å²) in [6.45, 7) is 3.43. The topological polar surface area (TPSA) is 64.4 Å². The highest BCUT2D eigenvalue weighted by atomic mass is 79.9. The maximum Gasteiger partial charge on any atom is 0.266 e. The quantitative estimate of drug-likeness (QED) is 0.938. The van der Waals surface area contributed by atoms with Gasteiger partial charge in [-0.15, -0.1) is 0 Å². The number of carbonyl (C=O) groups is 1. The molecule has 19 heavy (non-hydrogen) atoms. The van der Waals surface area contributed by atoms with Crippen molar-refractivity contribution in [3.05, 3.63) is 40.6 Å². The second kappa shape index (κ2) is 5.88. The Morgan fingerprint density at radius 2 is 2.11 bits per heavy atom. The third-order valence-corrected chi connectivity index (χ3v) is 2.90. The Kier molecular flexibility index (Phi) is 4.21. The summed E-state index contributed by atoms with van der Waals surface area (Å²) in [7, 11) is 0. The Bertz CT molecular complexity index is 566. The molecule has 0 fully saturated rings. The van der Waals surface area contributed by atoms with E-state index in [1.807, 2.05) is 12.1 Å². The van der Waals surface area contributed by atoms with E-state index in [0.29, 0.717) is 17.3 Å². The Balaban J connectivity index is 1.94. The number of ether oxygens (including phenoxy) is 1. The number of aromatic nitrogens is 1. The number of halogens is 1. The zero-order valence-electron chi connectivity index (χ0n) is 10.5. The highest BCUT2D eigenvalue weighted by molar-refractivity contribution is 9.10. The van der Waals surface area contributed by atoms with Gasteiger partial charge in [-0.2, -0.15) is 0 Å². The molecule has 1 N–H and O–H groups in total. The number of anilines is 1. The highest BCUT2D eigenvalue weighted by Crippen LogP contribution is 2.17. The molecule has 0 spiro atoms. The van der Waals surface area contributed by atoms with Crippen LogP contribution in [0.15, 0.2) is 39.3 Å². The van der Waals surface area contributed by atoms with E-state index >= 15 is 0 Å². The number of rotatable bonds is 4. The molecule has 1 atom stereocenters. The first-order chi connectivity index (χ1) is 9.04. The minimum absolute atomic E-state index is 0.281. The van der Waals surface area contributed by atoms with Gasteiger partial charge >= 0.3 is 0 Å². The predicted molar refractivity (Wildman–Crippen MR) is 74.1 cm³/mol. The Labute approximate surface area is 119 Å². The van der Waals surface area contributed by atoms with Crippen molar-refractivity contribution in [1.29, 1.82) is 0 Å². The van der Waals surface area contributed by atoms with Crippen molar-refractivity contribution in [1.82, 2.24) is 5.16 Å². The van der Waals surface area contributed by atoms with E-state index in [-0.39, 0.29) is 5.91 Å². The van der Waals surface area contributed by atoms with Crippen molar-refractivity contribution >= 4 is 27.7 Å². The van der Waals surface area contributed by atoms with Gasteiger partial charge in [0.1, 0.15) is 11.5 Å². The molecule has 0 aliphatic rings. The van der Waals surface area contributed by atoms with Crippen LogP contribution in [0.25, 0.3) is 0 Å². The van der Waals surface area contributed by atoms with Crippen LogP contribution in [-0.4, -0.2) is 17.2 Å². The van der Waals surface area contributed by atoms with Gasteiger partial charge in [0.05, 0.1) is 0 Å². The van der Waals surface area contributed by atoms with Crippen LogP contribution in [0.5, 0.6) is 5.75 Å². The summed E-state index contributed by atoms with van der Waals surface area (Å²) in [4.78, 5) is 11.9. The van der Waals surface area contributed by atoms with Crippen molar-refractivity contribution < 1.29 is 14.1 Å². The molecule has 100 valence electrons. The molecule has 1 amide bonds. The maximum absolute atomic E-state index is 11.9. The Morgan fingerprint density at radius 3 is 2.68 bits per heavy atom. The van der Waals surface area contributed by atoms with Gasteiger partial charge in [-0.1, -0.05) is 21.1 Å². The van der Waals surface area contributed by atoms with Crippen LogP contribution in [0, 0.1) is 6.92 Å². The Morgan fingerprint density at radius 1 is 1.42 bits per heavy atom. The van der Waals surface area contributed by atoms with Crippen LogP contribution >= 0.6 is 15.9 Å². The van der Waals surface area contributed by atoms with E-state index < -0.39 is 6.10 Å². The number of aryl methyl sites for hydroxylation is 1. The van der Waals surface area contributed by atoms with Crippen molar-refractivity contribution in [2.75, 3.05) is 5.32 Å². The van der Waals surface area contributed by atoms with E-state index in [2.05, 4.69) is 26.4 Å². The molecule has 0 saturated carbocycles. The minimum Gasteiger partial charge on any atom is -0.481 e. The molecule has 6 heteroatoms. The highest BCUT2D eigenvalue weighted by Gasteiger charge is 2.16. The fourth-order valence-corrected chi connectivity index (χ4v) is 1.69. The number of carbonyl (C=O) groups excluding carboxylic acids is 1. The molecule has 0 aliphatic carbocycles. The molecular weight excluding hydrogens is 312 g/mol. The van der Waals surface area contributed by atoms with E-state index in [1.165, 1.54) is 0 Å². The lowest BCUT2D eigenvalue weighted by Crippen LogP contribution is -2.30. The molecule has 0 bridgehead atoms. The van der Waals surface area contributed by atoms with Crippen molar-refractivity contribution in [2.24, 2.45) is 0 Å². The van der Waals surface area contributed by atoms with Crippen molar-refractivity contribution in [2.45, 2.75) is 20.0 Å². The first kappa shape index (κ1) is 13.6. The summed E-state index contributed by atoms with van der Waals surface area (Å²) in [6, 6.07) is 8.91. The summed E-state index contributed by atoms with van der Waals surface area (Å²) in [5.74, 6) is 1.36. The third-order valence-electron chi connectivity index (χ3n) is 2.37. The number of nitrogens with one attached hydrogen (secondary N) is 1. The lowest BCUT2D eigenvalue weighted by Gasteiger charge is -2.13. The number of amides is 1. The molecule has 0 radical (unpaired) electrons. The standard InChI is InChI=1S/C13H13BrN2O3/c1-8-7-12(16-19-8)15-13(17)9(2)18-11-5-3-10(14)4-6-11/h3-7,9H,1-2H3,(H,15,16,17)/t9-/m0/s1.